The van der Waals surface area contributed by atoms with E-state index in [1.165, 1.54) is 0 Å². The third-order valence-electron chi connectivity index (χ3n) is 1.24. The maximum Gasteiger partial charge on any atom is 0.308 e. The summed E-state index contributed by atoms with van der Waals surface area (Å²) in [6.45, 7) is 5.40. The normalized spacial score (nSPS) is 13.2. The number of hydrogen-bond donors (Lipinski definition) is 1. The van der Waals surface area contributed by atoms with Gasteiger partial charge in [0.15, 0.2) is 0 Å². The molecule has 0 aliphatic carbocycles. The van der Waals surface area contributed by atoms with Crippen LogP contribution in [0.2, 0.25) is 0 Å². The van der Waals surface area contributed by atoms with E-state index in [9.17, 15) is 4.79 Å². The lowest BCUT2D eigenvalue weighted by atomic mass is 10.2. The van der Waals surface area contributed by atoms with E-state index < -0.39 is 6.10 Å². The molecule has 0 heterocycles. The molecule has 0 bridgehead atoms. The quantitative estimate of drug-likeness (QED) is 0.626. The molecule has 0 saturated heterocycles. The van der Waals surface area contributed by atoms with Crippen LogP contribution in [0.5, 0.6) is 0 Å². The molecule has 0 radical (unpaired) electrons. The second kappa shape index (κ2) is 5.13. The second-order valence-corrected chi connectivity index (χ2v) is 2.80. The summed E-state index contributed by atoms with van der Waals surface area (Å²) in [5.74, 6) is -0.325. The highest BCUT2D eigenvalue weighted by Crippen LogP contribution is 2.00. The maximum absolute atomic E-state index is 10.8. The van der Waals surface area contributed by atoms with E-state index in [4.69, 9.17) is 9.84 Å². The van der Waals surface area contributed by atoms with Gasteiger partial charge in [-0.2, -0.15) is 0 Å². The fourth-order valence-corrected chi connectivity index (χ4v) is 0.648. The van der Waals surface area contributed by atoms with Crippen molar-refractivity contribution in [2.75, 3.05) is 0 Å². The fraction of sp³-hybridized carbons (Fsp3) is 0.875. The van der Waals surface area contributed by atoms with Crippen LogP contribution >= 0.6 is 0 Å². The number of esters is 1. The first kappa shape index (κ1) is 10.4. The minimum atomic E-state index is -0.554. The molecule has 0 aromatic carbocycles. The van der Waals surface area contributed by atoms with Gasteiger partial charge < -0.3 is 9.84 Å². The highest BCUT2D eigenvalue weighted by molar-refractivity contribution is 5.70. The van der Waals surface area contributed by atoms with Gasteiger partial charge in [-0.3, -0.25) is 4.79 Å². The van der Waals surface area contributed by atoms with Crippen molar-refractivity contribution in [1.29, 1.82) is 0 Å². The number of aliphatic hydroxyl groups is 1. The van der Waals surface area contributed by atoms with Crippen LogP contribution < -0.4 is 0 Å². The third-order valence-corrected chi connectivity index (χ3v) is 1.24. The smallest absolute Gasteiger partial charge is 0.308 e. The molecular weight excluding hydrogens is 144 g/mol. The minimum Gasteiger partial charge on any atom is -0.463 e. The van der Waals surface area contributed by atoms with Crippen LogP contribution in [0.4, 0.5) is 0 Å². The monoisotopic (exact) mass is 160 g/mol. The van der Waals surface area contributed by atoms with Crippen LogP contribution in [-0.4, -0.2) is 23.3 Å². The number of aliphatic hydroxyl groups excluding tert-OH is 1. The van der Waals surface area contributed by atoms with E-state index in [1.807, 2.05) is 6.92 Å². The number of hydrogen-bond acceptors (Lipinski definition) is 3. The van der Waals surface area contributed by atoms with E-state index in [0.717, 1.165) is 0 Å². The highest BCUT2D eigenvalue weighted by Gasteiger charge is 2.10. The molecule has 1 unspecified atom stereocenters. The molecule has 0 aliphatic heterocycles. The molecule has 0 aromatic rings. The Hall–Kier alpha value is -0.570. The van der Waals surface area contributed by atoms with Crippen LogP contribution in [0.15, 0.2) is 0 Å². The summed E-state index contributed by atoms with van der Waals surface area (Å²) >= 11 is 0. The van der Waals surface area contributed by atoms with Crippen molar-refractivity contribution >= 4 is 5.97 Å². The van der Waals surface area contributed by atoms with Crippen LogP contribution in [0.1, 0.15) is 33.6 Å². The summed E-state index contributed by atoms with van der Waals surface area (Å²) in [4.78, 5) is 10.8. The summed E-state index contributed by atoms with van der Waals surface area (Å²) in [6.07, 6.45) is 0.0508. The Balaban J connectivity index is 3.52. The summed E-state index contributed by atoms with van der Waals surface area (Å²) in [6, 6.07) is 0. The third kappa shape index (κ3) is 5.85. The molecule has 0 aromatic heterocycles. The Morgan fingerprint density at radius 2 is 2.09 bits per heavy atom. The van der Waals surface area contributed by atoms with E-state index in [0.29, 0.717) is 6.42 Å². The van der Waals surface area contributed by atoms with Gasteiger partial charge in [-0.1, -0.05) is 6.92 Å². The summed E-state index contributed by atoms with van der Waals surface area (Å²) < 4.78 is 4.82. The zero-order chi connectivity index (χ0) is 8.85. The lowest BCUT2D eigenvalue weighted by molar-refractivity contribution is -0.149. The first-order valence-electron chi connectivity index (χ1n) is 3.93. The van der Waals surface area contributed by atoms with Gasteiger partial charge in [0.25, 0.3) is 0 Å². The number of ether oxygens (including phenoxy) is 1. The topological polar surface area (TPSA) is 46.5 Å². The van der Waals surface area contributed by atoms with Gasteiger partial charge in [-0.15, -0.1) is 0 Å². The van der Waals surface area contributed by atoms with E-state index in [2.05, 4.69) is 0 Å². The van der Waals surface area contributed by atoms with Crippen molar-refractivity contribution in [3.63, 3.8) is 0 Å². The van der Waals surface area contributed by atoms with E-state index in [-0.39, 0.29) is 18.5 Å². The molecule has 0 amide bonds. The molecule has 0 fully saturated rings. The van der Waals surface area contributed by atoms with Gasteiger partial charge in [0.1, 0.15) is 0 Å². The Kier molecular flexibility index (Phi) is 4.86. The van der Waals surface area contributed by atoms with Crippen molar-refractivity contribution in [3.05, 3.63) is 0 Å². The molecule has 0 aliphatic rings. The predicted molar refractivity (Wildman–Crippen MR) is 42.1 cm³/mol. The standard InChI is InChI=1S/C8H16O3/c1-4-7(9)5-8(10)11-6(2)3/h6-7,9H,4-5H2,1-3H3. The summed E-state index contributed by atoms with van der Waals surface area (Å²) in [7, 11) is 0. The maximum atomic E-state index is 10.8. The summed E-state index contributed by atoms with van der Waals surface area (Å²) in [5, 5.41) is 9.04. The molecule has 0 rings (SSSR count). The predicted octanol–water partition coefficient (Wildman–Crippen LogP) is 1.10. The Bertz CT molecular complexity index is 121. The van der Waals surface area contributed by atoms with Gasteiger partial charge in [0, 0.05) is 0 Å². The largest absolute Gasteiger partial charge is 0.463 e. The Morgan fingerprint density at radius 3 is 2.45 bits per heavy atom. The molecule has 0 saturated carbocycles. The molecule has 1 N–H and O–H groups in total. The van der Waals surface area contributed by atoms with Crippen LogP contribution in [0.3, 0.4) is 0 Å². The Labute approximate surface area is 67.4 Å². The van der Waals surface area contributed by atoms with Gasteiger partial charge in [-0.25, -0.2) is 0 Å². The van der Waals surface area contributed by atoms with E-state index in [1.54, 1.807) is 13.8 Å². The SMILES string of the molecule is CCC(O)CC(=O)OC(C)C. The lowest BCUT2D eigenvalue weighted by Gasteiger charge is -2.09. The van der Waals surface area contributed by atoms with Gasteiger partial charge in [-0.05, 0) is 20.3 Å². The average Bonchev–Trinajstić information content (AvgIpc) is 1.85. The molecule has 66 valence electrons. The van der Waals surface area contributed by atoms with E-state index >= 15 is 0 Å². The second-order valence-electron chi connectivity index (χ2n) is 2.80. The van der Waals surface area contributed by atoms with Gasteiger partial charge in [0.05, 0.1) is 18.6 Å². The highest BCUT2D eigenvalue weighted by atomic mass is 16.5. The van der Waals surface area contributed by atoms with Crippen molar-refractivity contribution in [3.8, 4) is 0 Å². The van der Waals surface area contributed by atoms with Crippen molar-refractivity contribution in [1.82, 2.24) is 0 Å². The Morgan fingerprint density at radius 1 is 1.55 bits per heavy atom. The average molecular weight is 160 g/mol. The molecular formula is C8H16O3. The first-order chi connectivity index (χ1) is 5.06. The van der Waals surface area contributed by atoms with Crippen LogP contribution in [-0.2, 0) is 9.53 Å². The zero-order valence-electron chi connectivity index (χ0n) is 7.33. The molecule has 1 atom stereocenters. The molecule has 3 nitrogen and oxygen atoms in total. The summed E-state index contributed by atoms with van der Waals surface area (Å²) in [5.41, 5.74) is 0. The van der Waals surface area contributed by atoms with Crippen LogP contribution in [0, 0.1) is 0 Å². The number of carbonyl (C=O) groups is 1. The van der Waals surface area contributed by atoms with Gasteiger partial charge in [0.2, 0.25) is 0 Å². The number of rotatable bonds is 4. The zero-order valence-corrected chi connectivity index (χ0v) is 7.33. The minimum absolute atomic E-state index is 0.0912. The molecule has 3 heteroatoms. The van der Waals surface area contributed by atoms with Crippen molar-refractivity contribution in [2.24, 2.45) is 0 Å². The van der Waals surface area contributed by atoms with Crippen molar-refractivity contribution < 1.29 is 14.6 Å². The molecule has 11 heavy (non-hydrogen) atoms. The first-order valence-corrected chi connectivity index (χ1v) is 3.93. The fourth-order valence-electron chi connectivity index (χ4n) is 0.648. The lowest BCUT2D eigenvalue weighted by Crippen LogP contribution is -2.17. The van der Waals surface area contributed by atoms with Crippen molar-refractivity contribution in [2.45, 2.75) is 45.8 Å². The molecule has 0 spiro atoms. The van der Waals surface area contributed by atoms with Crippen LogP contribution in [0.25, 0.3) is 0 Å². The van der Waals surface area contributed by atoms with Gasteiger partial charge >= 0.3 is 5.97 Å². The number of carbonyl (C=O) groups excluding carboxylic acids is 1.